The van der Waals surface area contributed by atoms with E-state index in [2.05, 4.69) is 10.1 Å². The monoisotopic (exact) mass is 316 g/mol. The predicted molar refractivity (Wildman–Crippen MR) is 83.7 cm³/mol. The number of methoxy groups -OCH3 is 1. The number of amides is 1. The first kappa shape index (κ1) is 14.3. The molecule has 112 valence electrons. The van der Waals surface area contributed by atoms with Gasteiger partial charge in [-0.15, -0.1) is 0 Å². The number of hydrogen-bond donors (Lipinski definition) is 1. The summed E-state index contributed by atoms with van der Waals surface area (Å²) in [6.07, 6.45) is 1.37. The van der Waals surface area contributed by atoms with Crippen LogP contribution in [-0.2, 0) is 0 Å². The van der Waals surface area contributed by atoms with Crippen LogP contribution in [0.1, 0.15) is 16.1 Å². The van der Waals surface area contributed by atoms with Crippen LogP contribution in [0.2, 0.25) is 5.02 Å². The third-order valence-electron chi connectivity index (χ3n) is 3.37. The Kier molecular flexibility index (Phi) is 3.46. The fraction of sp³-hybridized carbons (Fsp3) is 0.133. The Balaban J connectivity index is 2.28. The van der Waals surface area contributed by atoms with Crippen LogP contribution in [0.25, 0.3) is 16.7 Å². The van der Waals surface area contributed by atoms with Crippen LogP contribution in [0.15, 0.2) is 30.5 Å². The van der Waals surface area contributed by atoms with E-state index in [1.54, 1.807) is 18.7 Å². The average molecular weight is 317 g/mol. The highest BCUT2D eigenvalue weighted by Gasteiger charge is 2.18. The molecule has 7 heteroatoms. The fourth-order valence-corrected chi connectivity index (χ4v) is 2.67. The van der Waals surface area contributed by atoms with Gasteiger partial charge in [0.25, 0.3) is 5.91 Å². The molecule has 0 aliphatic rings. The third-order valence-corrected chi connectivity index (χ3v) is 3.76. The second kappa shape index (κ2) is 5.31. The maximum atomic E-state index is 11.4. The molecule has 2 N–H and O–H groups in total. The molecule has 2 aromatic heterocycles. The molecule has 0 aliphatic carbocycles. The highest BCUT2D eigenvalue weighted by molar-refractivity contribution is 6.38. The zero-order valence-electron chi connectivity index (χ0n) is 12.0. The lowest BCUT2D eigenvalue weighted by Gasteiger charge is -2.06. The zero-order valence-corrected chi connectivity index (χ0v) is 12.8. The van der Waals surface area contributed by atoms with Gasteiger partial charge in [-0.05, 0) is 19.1 Å². The Morgan fingerprint density at radius 1 is 1.41 bits per heavy atom. The van der Waals surface area contributed by atoms with E-state index >= 15 is 0 Å². The van der Waals surface area contributed by atoms with Gasteiger partial charge in [0.1, 0.15) is 5.75 Å². The van der Waals surface area contributed by atoms with Crippen LogP contribution in [0, 0.1) is 6.92 Å². The van der Waals surface area contributed by atoms with Crippen molar-refractivity contribution < 1.29 is 9.53 Å². The number of benzene rings is 1. The average Bonchev–Trinajstić information content (AvgIpc) is 2.85. The van der Waals surface area contributed by atoms with Crippen LogP contribution in [0.3, 0.4) is 0 Å². The Morgan fingerprint density at radius 2 is 2.18 bits per heavy atom. The SMILES string of the molecule is COc1cccc(-n2nc(C)c3c(Cl)c(C(N)=O)cnc32)c1. The highest BCUT2D eigenvalue weighted by atomic mass is 35.5. The maximum Gasteiger partial charge on any atom is 0.251 e. The molecule has 0 saturated heterocycles. The molecule has 3 aromatic rings. The lowest BCUT2D eigenvalue weighted by molar-refractivity contribution is 0.100. The number of nitrogens with two attached hydrogens (primary N) is 1. The van der Waals surface area contributed by atoms with E-state index in [0.717, 1.165) is 5.69 Å². The molecule has 0 saturated carbocycles. The predicted octanol–water partition coefficient (Wildman–Crippen LogP) is 2.49. The topological polar surface area (TPSA) is 83.0 Å². The number of pyridine rings is 1. The summed E-state index contributed by atoms with van der Waals surface area (Å²) in [5, 5.41) is 5.34. The molecule has 3 rings (SSSR count). The van der Waals surface area contributed by atoms with Crippen molar-refractivity contribution >= 4 is 28.5 Å². The molecular weight excluding hydrogens is 304 g/mol. The summed E-state index contributed by atoms with van der Waals surface area (Å²) >= 11 is 6.28. The summed E-state index contributed by atoms with van der Waals surface area (Å²) in [5.74, 6) is 0.0894. The number of aryl methyl sites for hydroxylation is 1. The molecule has 0 aliphatic heterocycles. The van der Waals surface area contributed by atoms with Crippen LogP contribution in [0.4, 0.5) is 0 Å². The molecule has 0 unspecified atom stereocenters. The number of halogens is 1. The van der Waals surface area contributed by atoms with Gasteiger partial charge in [0.15, 0.2) is 5.65 Å². The molecular formula is C15H13ClN4O2. The number of aromatic nitrogens is 3. The molecule has 0 fully saturated rings. The number of nitrogens with zero attached hydrogens (tertiary/aromatic N) is 3. The Bertz CT molecular complexity index is 889. The van der Waals surface area contributed by atoms with Crippen molar-refractivity contribution in [2.24, 2.45) is 5.73 Å². The van der Waals surface area contributed by atoms with Crippen LogP contribution in [-0.4, -0.2) is 27.8 Å². The van der Waals surface area contributed by atoms with Crippen molar-refractivity contribution in [1.29, 1.82) is 0 Å². The molecule has 2 heterocycles. The number of carbonyl (C=O) groups is 1. The first-order chi connectivity index (χ1) is 10.5. The van der Waals surface area contributed by atoms with Gasteiger partial charge in [-0.2, -0.15) is 5.10 Å². The smallest absolute Gasteiger partial charge is 0.251 e. The van der Waals surface area contributed by atoms with Crippen LogP contribution < -0.4 is 10.5 Å². The lowest BCUT2D eigenvalue weighted by atomic mass is 10.2. The van der Waals surface area contributed by atoms with Crippen molar-refractivity contribution in [2.75, 3.05) is 7.11 Å². The van der Waals surface area contributed by atoms with Gasteiger partial charge in [-0.3, -0.25) is 4.79 Å². The molecule has 22 heavy (non-hydrogen) atoms. The molecule has 0 radical (unpaired) electrons. The molecule has 0 atom stereocenters. The Morgan fingerprint density at radius 3 is 2.86 bits per heavy atom. The lowest BCUT2D eigenvalue weighted by Crippen LogP contribution is -2.12. The molecule has 0 spiro atoms. The second-order valence-corrected chi connectivity index (χ2v) is 5.13. The Labute approximate surface area is 131 Å². The number of fused-ring (bicyclic) bond motifs is 1. The van der Waals surface area contributed by atoms with Gasteiger partial charge in [0, 0.05) is 12.3 Å². The number of carbonyl (C=O) groups excluding carboxylic acids is 1. The van der Waals surface area contributed by atoms with E-state index in [9.17, 15) is 4.79 Å². The minimum atomic E-state index is -0.618. The largest absolute Gasteiger partial charge is 0.497 e. The van der Waals surface area contributed by atoms with Gasteiger partial charge >= 0.3 is 0 Å². The number of hydrogen-bond acceptors (Lipinski definition) is 4. The molecule has 1 amide bonds. The van der Waals surface area contributed by atoms with E-state index in [1.165, 1.54) is 6.20 Å². The first-order valence-corrected chi connectivity index (χ1v) is 6.88. The van der Waals surface area contributed by atoms with Crippen molar-refractivity contribution in [2.45, 2.75) is 6.92 Å². The van der Waals surface area contributed by atoms with E-state index < -0.39 is 5.91 Å². The van der Waals surface area contributed by atoms with Crippen molar-refractivity contribution in [3.05, 3.63) is 46.7 Å². The normalized spacial score (nSPS) is 10.9. The summed E-state index contributed by atoms with van der Waals surface area (Å²) in [6, 6.07) is 7.42. The van der Waals surface area contributed by atoms with Gasteiger partial charge in [-0.25, -0.2) is 9.67 Å². The van der Waals surface area contributed by atoms with E-state index in [-0.39, 0.29) is 10.6 Å². The van der Waals surface area contributed by atoms with Gasteiger partial charge in [0.05, 0.1) is 34.5 Å². The van der Waals surface area contributed by atoms with Gasteiger partial charge in [-0.1, -0.05) is 17.7 Å². The second-order valence-electron chi connectivity index (χ2n) is 4.75. The number of rotatable bonds is 3. The Hall–Kier alpha value is -2.60. The van der Waals surface area contributed by atoms with Crippen LogP contribution >= 0.6 is 11.6 Å². The van der Waals surface area contributed by atoms with E-state index in [0.29, 0.717) is 22.5 Å². The summed E-state index contributed by atoms with van der Waals surface area (Å²) in [7, 11) is 1.60. The van der Waals surface area contributed by atoms with Gasteiger partial charge in [0.2, 0.25) is 0 Å². The van der Waals surface area contributed by atoms with Crippen molar-refractivity contribution in [3.63, 3.8) is 0 Å². The van der Waals surface area contributed by atoms with Crippen molar-refractivity contribution in [1.82, 2.24) is 14.8 Å². The summed E-state index contributed by atoms with van der Waals surface area (Å²) in [5.41, 5.74) is 7.49. The summed E-state index contributed by atoms with van der Waals surface area (Å²) in [4.78, 5) is 15.7. The van der Waals surface area contributed by atoms with Crippen molar-refractivity contribution in [3.8, 4) is 11.4 Å². The quantitative estimate of drug-likeness (QED) is 0.804. The first-order valence-electron chi connectivity index (χ1n) is 6.51. The summed E-state index contributed by atoms with van der Waals surface area (Å²) < 4.78 is 6.88. The molecule has 6 nitrogen and oxygen atoms in total. The van der Waals surface area contributed by atoms with E-state index in [4.69, 9.17) is 22.1 Å². The number of primary amides is 1. The number of ether oxygens (including phenoxy) is 1. The van der Waals surface area contributed by atoms with Gasteiger partial charge < -0.3 is 10.5 Å². The summed E-state index contributed by atoms with van der Waals surface area (Å²) in [6.45, 7) is 1.80. The highest BCUT2D eigenvalue weighted by Crippen LogP contribution is 2.30. The fourth-order valence-electron chi connectivity index (χ4n) is 2.30. The molecule has 0 bridgehead atoms. The minimum Gasteiger partial charge on any atom is -0.497 e. The van der Waals surface area contributed by atoms with E-state index in [1.807, 2.05) is 24.3 Å². The minimum absolute atomic E-state index is 0.183. The zero-order chi connectivity index (χ0) is 15.9. The standard InChI is InChI=1S/C15H13ClN4O2/c1-8-12-13(16)11(14(17)21)7-18-15(12)20(19-8)9-4-3-5-10(6-9)22-2/h3-7H,1-2H3,(H2,17,21). The van der Waals surface area contributed by atoms with Crippen LogP contribution in [0.5, 0.6) is 5.75 Å². The molecule has 1 aromatic carbocycles. The maximum absolute atomic E-state index is 11.4. The third kappa shape index (κ3) is 2.17.